The highest BCUT2D eigenvalue weighted by Gasteiger charge is 2.37. The van der Waals surface area contributed by atoms with Crippen molar-refractivity contribution in [1.29, 1.82) is 0 Å². The monoisotopic (exact) mass is 337 g/mol. The van der Waals surface area contributed by atoms with Gasteiger partial charge in [-0.3, -0.25) is 0 Å². The van der Waals surface area contributed by atoms with E-state index < -0.39 is 11.6 Å². The first-order valence-corrected chi connectivity index (χ1v) is 7.32. The number of esters is 1. The first-order chi connectivity index (χ1) is 12.0. The molecule has 3 aromatic rings. The highest BCUT2D eigenvalue weighted by molar-refractivity contribution is 5.85. The molecule has 1 unspecified atom stereocenters. The van der Waals surface area contributed by atoms with Crippen LogP contribution < -0.4 is 5.73 Å². The first-order valence-electron chi connectivity index (χ1n) is 7.32. The molecule has 3 N–H and O–H groups in total. The van der Waals surface area contributed by atoms with E-state index in [0.29, 0.717) is 22.6 Å². The summed E-state index contributed by atoms with van der Waals surface area (Å²) in [4.78, 5) is 20.4. The molecular formula is C17H15N5O3. The second-order valence-electron chi connectivity index (χ2n) is 5.25. The number of hydrogen-bond acceptors (Lipinski definition) is 7. The summed E-state index contributed by atoms with van der Waals surface area (Å²) in [7, 11) is 1.18. The van der Waals surface area contributed by atoms with E-state index in [0.717, 1.165) is 0 Å². The molecule has 0 bridgehead atoms. The highest BCUT2D eigenvalue weighted by atomic mass is 16.5. The lowest BCUT2D eigenvalue weighted by Crippen LogP contribution is -2.35. The Morgan fingerprint density at radius 1 is 1.36 bits per heavy atom. The Balaban J connectivity index is 2.16. The molecule has 3 rings (SSSR count). The largest absolute Gasteiger partial charge is 0.466 e. The van der Waals surface area contributed by atoms with Gasteiger partial charge in [-0.05, 0) is 12.8 Å². The molecule has 0 saturated carbocycles. The molecule has 0 radical (unpaired) electrons. The van der Waals surface area contributed by atoms with Crippen molar-refractivity contribution in [1.82, 2.24) is 19.6 Å². The van der Waals surface area contributed by atoms with Crippen LogP contribution in [0.5, 0.6) is 0 Å². The molecule has 8 heteroatoms. The fraction of sp³-hybridized carbons (Fsp3) is 0.176. The zero-order chi connectivity index (χ0) is 18.0. The topological polar surface area (TPSA) is 116 Å². The number of anilines is 1. The van der Waals surface area contributed by atoms with Crippen molar-refractivity contribution in [3.8, 4) is 11.8 Å². The van der Waals surface area contributed by atoms with Crippen LogP contribution in [0.1, 0.15) is 16.8 Å². The zero-order valence-electron chi connectivity index (χ0n) is 13.6. The predicted octanol–water partition coefficient (Wildman–Crippen LogP) is 0.427. The van der Waals surface area contributed by atoms with Gasteiger partial charge < -0.3 is 15.6 Å². The van der Waals surface area contributed by atoms with E-state index in [1.54, 1.807) is 37.3 Å². The number of aliphatic hydroxyl groups is 1. The van der Waals surface area contributed by atoms with Crippen molar-refractivity contribution < 1.29 is 14.6 Å². The van der Waals surface area contributed by atoms with Crippen LogP contribution in [0.25, 0.3) is 5.78 Å². The van der Waals surface area contributed by atoms with E-state index in [2.05, 4.69) is 26.9 Å². The fourth-order valence-corrected chi connectivity index (χ4v) is 2.35. The molecule has 1 aromatic carbocycles. The minimum absolute atomic E-state index is 0.216. The van der Waals surface area contributed by atoms with Crippen molar-refractivity contribution in [3.05, 3.63) is 53.5 Å². The summed E-state index contributed by atoms with van der Waals surface area (Å²) in [6, 6.07) is 8.31. The molecule has 0 aliphatic rings. The van der Waals surface area contributed by atoms with Crippen LogP contribution in [0.2, 0.25) is 0 Å². The maximum atomic E-state index is 12.1. The molecule has 0 spiro atoms. The zero-order valence-corrected chi connectivity index (χ0v) is 13.6. The smallest absolute Gasteiger partial charge is 0.355 e. The second-order valence-corrected chi connectivity index (χ2v) is 5.25. The molecule has 0 aliphatic carbocycles. The van der Waals surface area contributed by atoms with Gasteiger partial charge in [0.2, 0.25) is 0 Å². The average Bonchev–Trinajstić information content (AvgIpc) is 3.09. The molecule has 8 nitrogen and oxygen atoms in total. The Hall–Kier alpha value is -3.44. The van der Waals surface area contributed by atoms with Crippen LogP contribution >= 0.6 is 0 Å². The first kappa shape index (κ1) is 16.4. The lowest BCUT2D eigenvalue weighted by atomic mass is 9.94. The number of hydrogen-bond donors (Lipinski definition) is 2. The van der Waals surface area contributed by atoms with Gasteiger partial charge in [0.1, 0.15) is 12.1 Å². The summed E-state index contributed by atoms with van der Waals surface area (Å²) in [6.07, 6.45) is 1.32. The Kier molecular flexibility index (Phi) is 4.09. The van der Waals surface area contributed by atoms with Gasteiger partial charge in [0, 0.05) is 5.56 Å². The molecule has 1 atom stereocenters. The van der Waals surface area contributed by atoms with Crippen LogP contribution in [0.4, 0.5) is 5.82 Å². The van der Waals surface area contributed by atoms with E-state index in [9.17, 15) is 9.90 Å². The summed E-state index contributed by atoms with van der Waals surface area (Å²) in [5.41, 5.74) is 5.07. The molecule has 0 fully saturated rings. The van der Waals surface area contributed by atoms with Crippen molar-refractivity contribution in [2.24, 2.45) is 0 Å². The third kappa shape index (κ3) is 2.77. The van der Waals surface area contributed by atoms with Gasteiger partial charge in [0.15, 0.2) is 0 Å². The molecular weight excluding hydrogens is 322 g/mol. The minimum Gasteiger partial charge on any atom is -0.466 e. The number of nitrogens with two attached hydrogens (primary N) is 1. The van der Waals surface area contributed by atoms with Crippen LogP contribution in [0, 0.1) is 18.8 Å². The number of methoxy groups -OCH3 is 1. The lowest BCUT2D eigenvalue weighted by Gasteiger charge is -2.19. The summed E-state index contributed by atoms with van der Waals surface area (Å²) >= 11 is 0. The number of aromatic nitrogens is 4. The van der Waals surface area contributed by atoms with E-state index in [1.165, 1.54) is 18.0 Å². The maximum absolute atomic E-state index is 12.1. The van der Waals surface area contributed by atoms with Gasteiger partial charge in [-0.1, -0.05) is 36.3 Å². The van der Waals surface area contributed by atoms with Gasteiger partial charge >= 0.3 is 5.97 Å². The van der Waals surface area contributed by atoms with E-state index in [-0.39, 0.29) is 5.82 Å². The van der Waals surface area contributed by atoms with Gasteiger partial charge in [0.05, 0.1) is 18.4 Å². The van der Waals surface area contributed by atoms with Crippen LogP contribution in [-0.2, 0) is 15.1 Å². The van der Waals surface area contributed by atoms with Gasteiger partial charge in [-0.2, -0.15) is 14.6 Å². The van der Waals surface area contributed by atoms with E-state index >= 15 is 0 Å². The van der Waals surface area contributed by atoms with Crippen LogP contribution in [-0.4, -0.2) is 37.8 Å². The number of carbonyl (C=O) groups is 1. The summed E-state index contributed by atoms with van der Waals surface area (Å²) in [6.45, 7) is 1.70. The second kappa shape index (κ2) is 6.22. The molecule has 0 saturated heterocycles. The molecule has 2 heterocycles. The number of ether oxygens (including phenoxy) is 1. The van der Waals surface area contributed by atoms with Gasteiger partial charge in [-0.15, -0.1) is 0 Å². The van der Waals surface area contributed by atoms with E-state index in [1.807, 2.05) is 0 Å². The summed E-state index contributed by atoms with van der Waals surface area (Å²) in [5, 5.41) is 14.8. The Morgan fingerprint density at radius 2 is 2.08 bits per heavy atom. The van der Waals surface area contributed by atoms with Crippen molar-refractivity contribution in [2.75, 3.05) is 12.8 Å². The lowest BCUT2D eigenvalue weighted by molar-refractivity contribution is -0.157. The molecule has 25 heavy (non-hydrogen) atoms. The molecule has 126 valence electrons. The van der Waals surface area contributed by atoms with Crippen LogP contribution in [0.3, 0.4) is 0 Å². The standard InChI is InChI=1S/C17H15N5O3/c1-11-13(14(18)22-16(21-11)19-10-20-22)8-9-17(24,15(23)25-2)12-6-4-3-5-7-12/h3-7,10,24H,18H2,1-2H3. The number of benzene rings is 1. The number of nitrogen functional groups attached to an aromatic ring is 1. The number of carbonyl (C=O) groups excluding carboxylic acids is 1. The predicted molar refractivity (Wildman–Crippen MR) is 89.2 cm³/mol. The fourth-order valence-electron chi connectivity index (χ4n) is 2.35. The summed E-state index contributed by atoms with van der Waals surface area (Å²) in [5.74, 6) is 4.97. The third-order valence-corrected chi connectivity index (χ3v) is 3.68. The van der Waals surface area contributed by atoms with Gasteiger partial charge in [-0.25, -0.2) is 9.78 Å². The maximum Gasteiger partial charge on any atom is 0.355 e. The van der Waals surface area contributed by atoms with Crippen molar-refractivity contribution >= 4 is 17.6 Å². The highest BCUT2D eigenvalue weighted by Crippen LogP contribution is 2.23. The van der Waals surface area contributed by atoms with Crippen LogP contribution in [0.15, 0.2) is 36.7 Å². The summed E-state index contributed by atoms with van der Waals surface area (Å²) < 4.78 is 6.04. The Labute approximate surface area is 143 Å². The average molecular weight is 337 g/mol. The molecule has 2 aromatic heterocycles. The van der Waals surface area contributed by atoms with Crippen molar-refractivity contribution in [2.45, 2.75) is 12.5 Å². The Bertz CT molecular complexity index is 1000. The SMILES string of the molecule is COC(=O)C(O)(C#Cc1c(C)nc2ncnn2c1N)c1ccccc1. The number of fused-ring (bicyclic) bond motifs is 1. The normalized spacial score (nSPS) is 12.9. The third-order valence-electron chi connectivity index (χ3n) is 3.68. The number of nitrogens with zero attached hydrogens (tertiary/aromatic N) is 4. The number of aryl methyl sites for hydroxylation is 1. The van der Waals surface area contributed by atoms with E-state index in [4.69, 9.17) is 10.5 Å². The molecule has 0 aliphatic heterocycles. The quantitative estimate of drug-likeness (QED) is 0.514. The number of rotatable bonds is 2. The van der Waals surface area contributed by atoms with Crippen molar-refractivity contribution in [3.63, 3.8) is 0 Å². The molecule has 0 amide bonds. The Morgan fingerprint density at radius 3 is 2.76 bits per heavy atom. The minimum atomic E-state index is -2.13. The van der Waals surface area contributed by atoms with Gasteiger partial charge in [0.25, 0.3) is 11.4 Å².